The summed E-state index contributed by atoms with van der Waals surface area (Å²) in [7, 11) is 0. The highest BCUT2D eigenvalue weighted by Gasteiger charge is 2.18. The molecule has 0 saturated carbocycles. The molecule has 1 aromatic heterocycles. The fourth-order valence-corrected chi connectivity index (χ4v) is 2.19. The van der Waals surface area contributed by atoms with Gasteiger partial charge in [-0.25, -0.2) is 0 Å². The van der Waals surface area contributed by atoms with Crippen molar-refractivity contribution >= 4 is 16.7 Å². The fraction of sp³-hybridized carbons (Fsp3) is 0.231. The molecule has 3 rings (SSSR count). The van der Waals surface area contributed by atoms with Crippen LogP contribution in [0.1, 0.15) is 28.9 Å². The molecule has 0 spiro atoms. The van der Waals surface area contributed by atoms with Crippen LogP contribution in [0.4, 0.5) is 0 Å². The first-order chi connectivity index (χ1) is 7.74. The molecule has 1 aliphatic carbocycles. The molecule has 1 N–H and O–H groups in total. The number of aromatic hydroxyl groups is 1. The second kappa shape index (κ2) is 3.30. The van der Waals surface area contributed by atoms with Gasteiger partial charge in [0, 0.05) is 17.4 Å². The third-order valence-corrected chi connectivity index (χ3v) is 3.00. The molecule has 0 saturated heterocycles. The minimum Gasteiger partial charge on any atom is -0.508 e. The van der Waals surface area contributed by atoms with Gasteiger partial charge in [0.1, 0.15) is 5.75 Å². The smallest absolute Gasteiger partial charge is 0.164 e. The van der Waals surface area contributed by atoms with Crippen LogP contribution < -0.4 is 0 Å². The van der Waals surface area contributed by atoms with Gasteiger partial charge in [-0.3, -0.25) is 9.78 Å². The van der Waals surface area contributed by atoms with Crippen molar-refractivity contribution in [3.8, 4) is 5.75 Å². The summed E-state index contributed by atoms with van der Waals surface area (Å²) in [5, 5.41) is 10.2. The number of carbonyl (C=O) groups is 1. The number of fused-ring (bicyclic) bond motifs is 2. The van der Waals surface area contributed by atoms with Gasteiger partial charge in [0.05, 0.1) is 11.2 Å². The lowest BCUT2D eigenvalue weighted by Crippen LogP contribution is -2.12. The van der Waals surface area contributed by atoms with Gasteiger partial charge in [0.2, 0.25) is 0 Å². The number of aromatic nitrogens is 1. The van der Waals surface area contributed by atoms with Gasteiger partial charge in [-0.05, 0) is 37.1 Å². The minimum absolute atomic E-state index is 0.166. The highest BCUT2D eigenvalue weighted by Crippen LogP contribution is 2.25. The summed E-state index contributed by atoms with van der Waals surface area (Å²) in [5.41, 5.74) is 2.46. The first kappa shape index (κ1) is 9.33. The topological polar surface area (TPSA) is 50.2 Å². The molecule has 1 heterocycles. The van der Waals surface area contributed by atoms with Crippen LogP contribution in [0.3, 0.4) is 0 Å². The second-order valence-corrected chi connectivity index (χ2v) is 4.14. The third kappa shape index (κ3) is 1.36. The number of pyridine rings is 1. The highest BCUT2D eigenvalue weighted by atomic mass is 16.3. The van der Waals surface area contributed by atoms with Crippen LogP contribution in [0, 0.1) is 0 Å². The van der Waals surface area contributed by atoms with Gasteiger partial charge in [-0.15, -0.1) is 0 Å². The predicted octanol–water partition coefficient (Wildman–Crippen LogP) is 2.46. The van der Waals surface area contributed by atoms with Crippen molar-refractivity contribution in [3.63, 3.8) is 0 Å². The van der Waals surface area contributed by atoms with Crippen molar-refractivity contribution in [2.24, 2.45) is 0 Å². The van der Waals surface area contributed by atoms with E-state index in [0.717, 1.165) is 35.0 Å². The lowest BCUT2D eigenvalue weighted by molar-refractivity contribution is 0.0972. The Balaban J connectivity index is 2.30. The Bertz CT molecular complexity index is 590. The maximum absolute atomic E-state index is 11.7. The van der Waals surface area contributed by atoms with Crippen molar-refractivity contribution in [1.82, 2.24) is 4.98 Å². The number of phenolic OH excluding ortho intramolecular Hbond substituents is 1. The molecule has 0 bridgehead atoms. The summed E-state index contributed by atoms with van der Waals surface area (Å²) in [4.78, 5) is 16.2. The molecule has 1 aliphatic rings. The number of rotatable bonds is 0. The zero-order valence-corrected chi connectivity index (χ0v) is 8.73. The molecule has 16 heavy (non-hydrogen) atoms. The van der Waals surface area contributed by atoms with E-state index in [-0.39, 0.29) is 11.5 Å². The average Bonchev–Trinajstić information content (AvgIpc) is 2.28. The quantitative estimate of drug-likeness (QED) is 0.731. The molecule has 0 fully saturated rings. The van der Waals surface area contributed by atoms with Gasteiger partial charge in [-0.2, -0.15) is 0 Å². The maximum atomic E-state index is 11.7. The van der Waals surface area contributed by atoms with Crippen LogP contribution in [0.2, 0.25) is 0 Å². The predicted molar refractivity (Wildman–Crippen MR) is 60.7 cm³/mol. The Morgan fingerprint density at radius 1 is 1.19 bits per heavy atom. The lowest BCUT2D eigenvalue weighted by atomic mass is 9.93. The van der Waals surface area contributed by atoms with Crippen molar-refractivity contribution < 1.29 is 9.90 Å². The van der Waals surface area contributed by atoms with Crippen LogP contribution in [-0.2, 0) is 6.42 Å². The molecule has 3 heteroatoms. The zero-order chi connectivity index (χ0) is 11.1. The molecule has 1 aromatic carbocycles. The molecule has 2 aromatic rings. The van der Waals surface area contributed by atoms with E-state index in [4.69, 9.17) is 0 Å². The summed E-state index contributed by atoms with van der Waals surface area (Å²) in [6.07, 6.45) is 2.37. The average molecular weight is 213 g/mol. The molecule has 0 amide bonds. The number of carbonyl (C=O) groups excluding carboxylic acids is 1. The summed E-state index contributed by atoms with van der Waals surface area (Å²) in [5.74, 6) is 0.372. The van der Waals surface area contributed by atoms with Crippen molar-refractivity contribution in [2.45, 2.75) is 19.3 Å². The van der Waals surface area contributed by atoms with Crippen LogP contribution in [0.25, 0.3) is 10.9 Å². The number of nitrogens with zero attached hydrogens (tertiary/aromatic N) is 1. The molecule has 3 nitrogen and oxygen atoms in total. The van der Waals surface area contributed by atoms with Crippen molar-refractivity contribution in [2.75, 3.05) is 0 Å². The molecule has 0 aliphatic heterocycles. The Hall–Kier alpha value is -1.90. The third-order valence-electron chi connectivity index (χ3n) is 3.00. The van der Waals surface area contributed by atoms with E-state index in [0.29, 0.717) is 6.42 Å². The second-order valence-electron chi connectivity index (χ2n) is 4.14. The summed E-state index contributed by atoms with van der Waals surface area (Å²) in [6, 6.07) is 6.89. The largest absolute Gasteiger partial charge is 0.508 e. The lowest BCUT2D eigenvalue weighted by Gasteiger charge is -2.14. The van der Waals surface area contributed by atoms with Gasteiger partial charge < -0.3 is 5.11 Å². The van der Waals surface area contributed by atoms with Crippen molar-refractivity contribution in [3.05, 3.63) is 35.5 Å². The van der Waals surface area contributed by atoms with E-state index in [1.54, 1.807) is 18.2 Å². The molecular formula is C13H11NO2. The van der Waals surface area contributed by atoms with Crippen LogP contribution in [0.5, 0.6) is 5.75 Å². The van der Waals surface area contributed by atoms with E-state index in [1.165, 1.54) is 0 Å². The Morgan fingerprint density at radius 2 is 2.06 bits per heavy atom. The Labute approximate surface area is 92.7 Å². The van der Waals surface area contributed by atoms with E-state index in [2.05, 4.69) is 4.98 Å². The standard InChI is InChI=1S/C13H11NO2/c15-9-4-5-11-8(6-9)7-10-12(14-11)2-1-3-13(10)16/h4-7,15H,1-3H2. The van der Waals surface area contributed by atoms with E-state index >= 15 is 0 Å². The number of aryl methyl sites for hydroxylation is 1. The van der Waals surface area contributed by atoms with E-state index in [9.17, 15) is 9.90 Å². The van der Waals surface area contributed by atoms with Gasteiger partial charge in [0.15, 0.2) is 5.78 Å². The molecular weight excluding hydrogens is 202 g/mol. The number of ketones is 1. The molecule has 80 valence electrons. The van der Waals surface area contributed by atoms with Gasteiger partial charge in [-0.1, -0.05) is 0 Å². The number of phenols is 1. The first-order valence-electron chi connectivity index (χ1n) is 5.40. The Morgan fingerprint density at radius 3 is 2.94 bits per heavy atom. The number of hydrogen-bond acceptors (Lipinski definition) is 3. The SMILES string of the molecule is O=C1CCCc2nc3ccc(O)cc3cc21. The van der Waals surface area contributed by atoms with Crippen LogP contribution in [0.15, 0.2) is 24.3 Å². The summed E-state index contributed by atoms with van der Waals surface area (Å²) < 4.78 is 0. The van der Waals surface area contributed by atoms with E-state index in [1.807, 2.05) is 6.07 Å². The van der Waals surface area contributed by atoms with Crippen LogP contribution in [-0.4, -0.2) is 15.9 Å². The highest BCUT2D eigenvalue weighted by molar-refractivity contribution is 6.01. The normalized spacial score (nSPS) is 15.1. The zero-order valence-electron chi connectivity index (χ0n) is 8.73. The van der Waals surface area contributed by atoms with Gasteiger partial charge in [0.25, 0.3) is 0 Å². The Kier molecular flexibility index (Phi) is 1.93. The monoisotopic (exact) mass is 213 g/mol. The maximum Gasteiger partial charge on any atom is 0.164 e. The fourth-order valence-electron chi connectivity index (χ4n) is 2.19. The number of benzene rings is 1. The van der Waals surface area contributed by atoms with Crippen molar-refractivity contribution in [1.29, 1.82) is 0 Å². The summed E-state index contributed by atoms with van der Waals surface area (Å²) >= 11 is 0. The minimum atomic E-state index is 0.166. The summed E-state index contributed by atoms with van der Waals surface area (Å²) in [6.45, 7) is 0. The number of hydrogen-bond donors (Lipinski definition) is 1. The van der Waals surface area contributed by atoms with Crippen LogP contribution >= 0.6 is 0 Å². The van der Waals surface area contributed by atoms with E-state index < -0.39 is 0 Å². The van der Waals surface area contributed by atoms with Gasteiger partial charge >= 0.3 is 0 Å². The molecule has 0 unspecified atom stereocenters. The molecule has 0 atom stereocenters. The number of Topliss-reactive ketones (excluding diaryl/α,β-unsaturated/α-hetero) is 1. The molecule has 0 radical (unpaired) electrons. The first-order valence-corrected chi connectivity index (χ1v) is 5.40.